The van der Waals surface area contributed by atoms with Crippen molar-refractivity contribution in [3.63, 3.8) is 0 Å². The minimum absolute atomic E-state index is 0.257. The number of hydrogen-bond donors (Lipinski definition) is 1. The van der Waals surface area contributed by atoms with Gasteiger partial charge in [0.2, 0.25) is 10.0 Å². The topological polar surface area (TPSA) is 59.1 Å². The second-order valence-corrected chi connectivity index (χ2v) is 8.56. The van der Waals surface area contributed by atoms with Crippen molar-refractivity contribution in [2.75, 3.05) is 6.54 Å². The van der Waals surface area contributed by atoms with Crippen LogP contribution in [0.1, 0.15) is 16.8 Å². The number of aryl methyl sites for hydroxylation is 1. The second kappa shape index (κ2) is 8.56. The Labute approximate surface area is 162 Å². The Morgan fingerprint density at radius 3 is 2.52 bits per heavy atom. The summed E-state index contributed by atoms with van der Waals surface area (Å²) in [4.78, 5) is 4.47. The first-order chi connectivity index (χ1) is 12.9. The van der Waals surface area contributed by atoms with Crippen LogP contribution < -0.4 is 4.72 Å². The first-order valence-electron chi connectivity index (χ1n) is 8.36. The predicted molar refractivity (Wildman–Crippen MR) is 108 cm³/mol. The van der Waals surface area contributed by atoms with Crippen molar-refractivity contribution < 1.29 is 12.8 Å². The standard InChI is InChI=1S/C20H19FN2O2S2/c1-15-2-4-16(5-3-15)11-13-27(24,25)22-12-10-19-14-26-20(23-19)17-6-8-18(21)9-7-17/h2-9,11,13-14,22H,10,12H2,1H3/b13-11+. The lowest BCUT2D eigenvalue weighted by atomic mass is 10.2. The highest BCUT2D eigenvalue weighted by Gasteiger charge is 2.08. The van der Waals surface area contributed by atoms with Crippen LogP contribution in [0.2, 0.25) is 0 Å². The lowest BCUT2D eigenvalue weighted by Gasteiger charge is -2.01. The molecule has 0 unspecified atom stereocenters. The van der Waals surface area contributed by atoms with E-state index in [1.165, 1.54) is 28.9 Å². The highest BCUT2D eigenvalue weighted by atomic mass is 32.2. The van der Waals surface area contributed by atoms with Gasteiger partial charge in [-0.15, -0.1) is 11.3 Å². The van der Waals surface area contributed by atoms with E-state index in [4.69, 9.17) is 0 Å². The quantitative estimate of drug-likeness (QED) is 0.638. The van der Waals surface area contributed by atoms with Gasteiger partial charge in [-0.25, -0.2) is 22.5 Å². The van der Waals surface area contributed by atoms with Crippen molar-refractivity contribution >= 4 is 27.4 Å². The fraction of sp³-hybridized carbons (Fsp3) is 0.150. The van der Waals surface area contributed by atoms with Gasteiger partial charge in [0.25, 0.3) is 0 Å². The molecule has 2 aromatic carbocycles. The van der Waals surface area contributed by atoms with Gasteiger partial charge in [-0.05, 0) is 42.8 Å². The maximum Gasteiger partial charge on any atom is 0.233 e. The molecule has 0 saturated heterocycles. The van der Waals surface area contributed by atoms with Crippen LogP contribution in [0.5, 0.6) is 0 Å². The third-order valence-corrected chi connectivity index (χ3v) is 5.89. The summed E-state index contributed by atoms with van der Waals surface area (Å²) >= 11 is 1.45. The van der Waals surface area contributed by atoms with Crippen LogP contribution >= 0.6 is 11.3 Å². The van der Waals surface area contributed by atoms with Crippen molar-refractivity contribution in [1.29, 1.82) is 0 Å². The van der Waals surface area contributed by atoms with E-state index in [1.54, 1.807) is 18.2 Å². The summed E-state index contributed by atoms with van der Waals surface area (Å²) in [5, 5.41) is 3.84. The molecule has 1 N–H and O–H groups in total. The van der Waals surface area contributed by atoms with Crippen LogP contribution in [0.15, 0.2) is 59.3 Å². The number of nitrogens with one attached hydrogen (secondary N) is 1. The molecule has 1 heterocycles. The molecule has 4 nitrogen and oxygen atoms in total. The SMILES string of the molecule is Cc1ccc(/C=C/S(=O)(=O)NCCc2csc(-c3ccc(F)cc3)n2)cc1. The molecular weight excluding hydrogens is 383 g/mol. The summed E-state index contributed by atoms with van der Waals surface area (Å²) in [6, 6.07) is 13.7. The monoisotopic (exact) mass is 402 g/mol. The molecule has 0 fully saturated rings. The van der Waals surface area contributed by atoms with Crippen molar-refractivity contribution in [1.82, 2.24) is 9.71 Å². The van der Waals surface area contributed by atoms with E-state index in [0.29, 0.717) is 6.42 Å². The van der Waals surface area contributed by atoms with Crippen molar-refractivity contribution in [3.05, 3.63) is 82.0 Å². The Balaban J connectivity index is 1.54. The fourth-order valence-corrected chi connectivity index (χ4v) is 4.04. The number of halogens is 1. The lowest BCUT2D eigenvalue weighted by Crippen LogP contribution is -2.23. The highest BCUT2D eigenvalue weighted by Crippen LogP contribution is 2.24. The van der Waals surface area contributed by atoms with E-state index in [1.807, 2.05) is 36.6 Å². The summed E-state index contributed by atoms with van der Waals surface area (Å²) in [5.74, 6) is -0.288. The van der Waals surface area contributed by atoms with E-state index in [9.17, 15) is 12.8 Å². The molecule has 7 heteroatoms. The van der Waals surface area contributed by atoms with E-state index >= 15 is 0 Å². The first kappa shape index (κ1) is 19.4. The summed E-state index contributed by atoms with van der Waals surface area (Å²) in [7, 11) is -3.51. The van der Waals surface area contributed by atoms with Crippen LogP contribution in [0.4, 0.5) is 4.39 Å². The van der Waals surface area contributed by atoms with Gasteiger partial charge in [0, 0.05) is 29.3 Å². The van der Waals surface area contributed by atoms with Gasteiger partial charge in [-0.2, -0.15) is 0 Å². The van der Waals surface area contributed by atoms with Crippen molar-refractivity contribution in [2.45, 2.75) is 13.3 Å². The normalized spacial score (nSPS) is 11.9. The van der Waals surface area contributed by atoms with E-state index in [0.717, 1.165) is 27.4 Å². The Bertz CT molecular complexity index is 1020. The Hall–Kier alpha value is -2.35. The number of benzene rings is 2. The number of sulfonamides is 1. The first-order valence-corrected chi connectivity index (χ1v) is 10.8. The molecule has 0 aliphatic carbocycles. The molecular formula is C20H19FN2O2S2. The molecule has 0 bridgehead atoms. The zero-order valence-corrected chi connectivity index (χ0v) is 16.4. The number of thiazole rings is 1. The fourth-order valence-electron chi connectivity index (χ4n) is 2.36. The van der Waals surface area contributed by atoms with Gasteiger partial charge in [0.05, 0.1) is 5.69 Å². The third-order valence-electron chi connectivity index (χ3n) is 3.84. The molecule has 140 valence electrons. The molecule has 27 heavy (non-hydrogen) atoms. The van der Waals surface area contributed by atoms with E-state index in [2.05, 4.69) is 9.71 Å². The molecule has 0 spiro atoms. The van der Waals surface area contributed by atoms with Crippen molar-refractivity contribution in [3.8, 4) is 10.6 Å². The number of rotatable bonds is 7. The average Bonchev–Trinajstić information content (AvgIpc) is 3.11. The second-order valence-electron chi connectivity index (χ2n) is 6.05. The van der Waals surface area contributed by atoms with Gasteiger partial charge in [0.1, 0.15) is 10.8 Å². The zero-order valence-electron chi connectivity index (χ0n) is 14.7. The maximum atomic E-state index is 13.0. The molecule has 0 aliphatic heterocycles. The van der Waals surface area contributed by atoms with Gasteiger partial charge < -0.3 is 0 Å². The van der Waals surface area contributed by atoms with Crippen LogP contribution in [0.3, 0.4) is 0 Å². The highest BCUT2D eigenvalue weighted by molar-refractivity contribution is 7.92. The van der Waals surface area contributed by atoms with Gasteiger partial charge >= 0.3 is 0 Å². The van der Waals surface area contributed by atoms with E-state index in [-0.39, 0.29) is 12.4 Å². The van der Waals surface area contributed by atoms with Crippen LogP contribution in [0.25, 0.3) is 16.6 Å². The largest absolute Gasteiger partial charge is 0.241 e. The molecule has 0 saturated carbocycles. The molecule has 3 aromatic rings. The lowest BCUT2D eigenvalue weighted by molar-refractivity contribution is 0.591. The minimum Gasteiger partial charge on any atom is -0.241 e. The average molecular weight is 403 g/mol. The smallest absolute Gasteiger partial charge is 0.233 e. The Kier molecular flexibility index (Phi) is 6.15. The molecule has 0 radical (unpaired) electrons. The van der Waals surface area contributed by atoms with Crippen molar-refractivity contribution in [2.24, 2.45) is 0 Å². The summed E-state index contributed by atoms with van der Waals surface area (Å²) in [5.41, 5.74) is 3.59. The zero-order chi connectivity index (χ0) is 19.3. The molecule has 3 rings (SSSR count). The van der Waals surface area contributed by atoms with Gasteiger partial charge in [0.15, 0.2) is 0 Å². The molecule has 0 amide bonds. The molecule has 1 aromatic heterocycles. The summed E-state index contributed by atoms with van der Waals surface area (Å²) in [6.07, 6.45) is 2.05. The maximum absolute atomic E-state index is 13.0. The number of nitrogens with zero attached hydrogens (tertiary/aromatic N) is 1. The Morgan fingerprint density at radius 1 is 1.11 bits per heavy atom. The number of hydrogen-bond acceptors (Lipinski definition) is 4. The Morgan fingerprint density at radius 2 is 1.81 bits per heavy atom. The number of aromatic nitrogens is 1. The van der Waals surface area contributed by atoms with E-state index < -0.39 is 10.0 Å². The van der Waals surface area contributed by atoms with Crippen LogP contribution in [0, 0.1) is 12.7 Å². The predicted octanol–water partition coefficient (Wildman–Crippen LogP) is 4.39. The van der Waals surface area contributed by atoms with Gasteiger partial charge in [-0.3, -0.25) is 0 Å². The summed E-state index contributed by atoms with van der Waals surface area (Å²) < 4.78 is 39.7. The van der Waals surface area contributed by atoms with Gasteiger partial charge in [-0.1, -0.05) is 29.8 Å². The minimum atomic E-state index is -3.51. The van der Waals surface area contributed by atoms with Crippen LogP contribution in [-0.2, 0) is 16.4 Å². The summed E-state index contributed by atoms with van der Waals surface area (Å²) in [6.45, 7) is 2.24. The molecule has 0 atom stereocenters. The third kappa shape index (κ3) is 5.82. The van der Waals surface area contributed by atoms with Crippen LogP contribution in [-0.4, -0.2) is 19.9 Å². The molecule has 0 aliphatic rings.